The van der Waals surface area contributed by atoms with Crippen LogP contribution in [0.5, 0.6) is 0 Å². The molecule has 1 saturated heterocycles. The van der Waals surface area contributed by atoms with Crippen molar-refractivity contribution in [3.05, 3.63) is 65.2 Å². The van der Waals surface area contributed by atoms with E-state index in [4.69, 9.17) is 4.74 Å². The Labute approximate surface area is 183 Å². The molecule has 6 nitrogen and oxygen atoms in total. The first-order chi connectivity index (χ1) is 14.5. The average molecular weight is 443 g/mol. The highest BCUT2D eigenvalue weighted by atomic mass is 32.2. The lowest BCUT2D eigenvalue weighted by Crippen LogP contribution is -2.43. The Kier molecular flexibility index (Phi) is 6.17. The van der Waals surface area contributed by atoms with Crippen LogP contribution in [0.3, 0.4) is 0 Å². The predicted molar refractivity (Wildman–Crippen MR) is 117 cm³/mol. The van der Waals surface area contributed by atoms with Crippen molar-refractivity contribution in [2.45, 2.75) is 30.3 Å². The maximum atomic E-state index is 13.0. The molecule has 30 heavy (non-hydrogen) atoms. The number of imide groups is 1. The van der Waals surface area contributed by atoms with Gasteiger partial charge in [0.05, 0.1) is 23.3 Å². The summed E-state index contributed by atoms with van der Waals surface area (Å²) in [6.45, 7) is 4.53. The van der Waals surface area contributed by atoms with Gasteiger partial charge in [-0.2, -0.15) is 0 Å². The molecule has 2 aromatic rings. The Morgan fingerprint density at radius 1 is 1.13 bits per heavy atom. The molecule has 0 radical (unpaired) electrons. The zero-order chi connectivity index (χ0) is 21.3. The molecule has 0 saturated carbocycles. The van der Waals surface area contributed by atoms with Crippen LogP contribution >= 0.6 is 23.5 Å². The second-order valence-corrected chi connectivity index (χ2v) is 9.45. The van der Waals surface area contributed by atoms with Gasteiger partial charge in [0.15, 0.2) is 6.23 Å². The van der Waals surface area contributed by atoms with Gasteiger partial charge in [-0.3, -0.25) is 14.4 Å². The number of hydrogen-bond donors (Lipinski definition) is 0. The van der Waals surface area contributed by atoms with Crippen LogP contribution in [0.1, 0.15) is 34.6 Å². The number of hydrogen-bond acceptors (Lipinski definition) is 6. The number of rotatable bonds is 6. The van der Waals surface area contributed by atoms with Gasteiger partial charge >= 0.3 is 0 Å². The summed E-state index contributed by atoms with van der Waals surface area (Å²) in [7, 11) is 0. The van der Waals surface area contributed by atoms with Crippen molar-refractivity contribution in [1.29, 1.82) is 0 Å². The molecule has 2 atom stereocenters. The molecule has 0 N–H and O–H groups in total. The van der Waals surface area contributed by atoms with Crippen molar-refractivity contribution in [2.75, 3.05) is 18.9 Å². The minimum Gasteiger partial charge on any atom is -0.352 e. The third kappa shape index (κ3) is 4.12. The van der Waals surface area contributed by atoms with E-state index < -0.39 is 6.23 Å². The highest BCUT2D eigenvalue weighted by Crippen LogP contribution is 2.36. The van der Waals surface area contributed by atoms with Crippen molar-refractivity contribution in [3.63, 3.8) is 0 Å². The smallest absolute Gasteiger partial charge is 0.291 e. The normalized spacial score (nSPS) is 19.9. The number of nitrogens with zero attached hydrogens (tertiary/aromatic N) is 2. The number of fused-ring (bicyclic) bond motifs is 1. The Hall–Kier alpha value is -2.29. The Balaban J connectivity index is 1.49. The first-order valence-corrected chi connectivity index (χ1v) is 11.6. The molecule has 2 aliphatic rings. The fraction of sp³-hybridized carbons (Fsp3) is 0.318. The topological polar surface area (TPSA) is 66.9 Å². The lowest BCUT2D eigenvalue weighted by Gasteiger charge is -2.35. The van der Waals surface area contributed by atoms with E-state index in [1.807, 2.05) is 62.4 Å². The molecule has 0 spiro atoms. The third-order valence-electron chi connectivity index (χ3n) is 5.07. The van der Waals surface area contributed by atoms with Gasteiger partial charge in [0.25, 0.3) is 11.1 Å². The van der Waals surface area contributed by atoms with Crippen LogP contribution in [-0.2, 0) is 9.53 Å². The zero-order valence-corrected chi connectivity index (χ0v) is 18.4. The monoisotopic (exact) mass is 442 g/mol. The number of carbonyl (C=O) groups is 3. The number of carbonyl (C=O) groups excluding carboxylic acids is 3. The number of benzene rings is 2. The van der Waals surface area contributed by atoms with Crippen molar-refractivity contribution in [3.8, 4) is 0 Å². The lowest BCUT2D eigenvalue weighted by atomic mass is 10.1. The molecule has 4 rings (SSSR count). The van der Waals surface area contributed by atoms with Crippen LogP contribution < -0.4 is 0 Å². The molecule has 8 heteroatoms. The molecule has 3 amide bonds. The maximum absolute atomic E-state index is 13.0. The van der Waals surface area contributed by atoms with Crippen LogP contribution in [0.15, 0.2) is 53.4 Å². The van der Waals surface area contributed by atoms with Crippen LogP contribution in [0.25, 0.3) is 0 Å². The first-order valence-electron chi connectivity index (χ1n) is 9.69. The van der Waals surface area contributed by atoms with Gasteiger partial charge in [0, 0.05) is 17.0 Å². The number of aryl methyl sites for hydroxylation is 1. The van der Waals surface area contributed by atoms with Gasteiger partial charge in [-0.15, -0.1) is 11.8 Å². The van der Waals surface area contributed by atoms with E-state index >= 15 is 0 Å². The van der Waals surface area contributed by atoms with Crippen LogP contribution in [0.2, 0.25) is 0 Å². The highest BCUT2D eigenvalue weighted by Gasteiger charge is 2.38. The molecule has 2 aliphatic heterocycles. The van der Waals surface area contributed by atoms with Crippen molar-refractivity contribution in [1.82, 2.24) is 9.80 Å². The van der Waals surface area contributed by atoms with Gasteiger partial charge in [-0.05, 0) is 26.0 Å². The van der Waals surface area contributed by atoms with Crippen molar-refractivity contribution < 1.29 is 19.1 Å². The van der Waals surface area contributed by atoms with Gasteiger partial charge in [-0.1, -0.05) is 53.7 Å². The third-order valence-corrected chi connectivity index (χ3v) is 7.11. The summed E-state index contributed by atoms with van der Waals surface area (Å²) in [5, 5.41) is -0.340. The number of amides is 3. The summed E-state index contributed by atoms with van der Waals surface area (Å²) < 4.78 is 6.03. The minimum absolute atomic E-state index is 0.0244. The molecule has 0 bridgehead atoms. The summed E-state index contributed by atoms with van der Waals surface area (Å²) in [5.41, 5.74) is 2.48. The Morgan fingerprint density at radius 3 is 2.60 bits per heavy atom. The molecule has 2 unspecified atom stereocenters. The van der Waals surface area contributed by atoms with E-state index in [-0.39, 0.29) is 34.8 Å². The van der Waals surface area contributed by atoms with Gasteiger partial charge in [-0.25, -0.2) is 4.90 Å². The summed E-state index contributed by atoms with van der Waals surface area (Å²) in [6, 6.07) is 15.1. The van der Waals surface area contributed by atoms with Crippen LogP contribution in [0.4, 0.5) is 4.79 Å². The van der Waals surface area contributed by atoms with Crippen LogP contribution in [0, 0.1) is 6.92 Å². The quantitative estimate of drug-likeness (QED) is 0.665. The molecule has 2 aromatic carbocycles. The largest absolute Gasteiger partial charge is 0.352 e. The molecule has 0 aromatic heterocycles. The summed E-state index contributed by atoms with van der Waals surface area (Å²) in [5.74, 6) is -0.162. The van der Waals surface area contributed by atoms with Gasteiger partial charge in [0.1, 0.15) is 0 Å². The fourth-order valence-electron chi connectivity index (χ4n) is 3.56. The molecule has 0 aliphatic carbocycles. The van der Waals surface area contributed by atoms with E-state index in [1.165, 1.54) is 4.90 Å². The lowest BCUT2D eigenvalue weighted by molar-refractivity contribution is -0.136. The highest BCUT2D eigenvalue weighted by molar-refractivity contribution is 8.14. The standard InChI is InChI=1S/C22H22N2O4S2/c1-14-8-9-18-17(12-14)20(26)23(15(2)30-18)10-11-28-21(16-6-4-3-5-7-16)24-19(25)13-29-22(24)27/h3-9,12,15,21H,10-11,13H2,1-2H3. The van der Waals surface area contributed by atoms with E-state index in [1.54, 1.807) is 16.7 Å². The number of thioether (sulfide) groups is 2. The predicted octanol–water partition coefficient (Wildman–Crippen LogP) is 4.30. The Bertz CT molecular complexity index is 966. The molecular formula is C22H22N2O4S2. The van der Waals surface area contributed by atoms with E-state index in [0.29, 0.717) is 12.1 Å². The fourth-order valence-corrected chi connectivity index (χ4v) is 5.39. The van der Waals surface area contributed by atoms with Gasteiger partial charge in [0.2, 0.25) is 5.91 Å². The average Bonchev–Trinajstić information content (AvgIpc) is 3.07. The minimum atomic E-state index is -0.793. The van der Waals surface area contributed by atoms with E-state index in [0.717, 1.165) is 27.8 Å². The van der Waals surface area contributed by atoms with Crippen LogP contribution in [-0.4, -0.2) is 51.1 Å². The molecule has 1 fully saturated rings. The summed E-state index contributed by atoms with van der Waals surface area (Å²) in [4.78, 5) is 41.5. The van der Waals surface area contributed by atoms with E-state index in [2.05, 4.69) is 0 Å². The van der Waals surface area contributed by atoms with Gasteiger partial charge < -0.3 is 9.64 Å². The SMILES string of the molecule is Cc1ccc2c(c1)C(=O)N(CCOC(c1ccccc1)N1C(=O)CSC1=O)C(C)S2. The van der Waals surface area contributed by atoms with E-state index in [9.17, 15) is 14.4 Å². The van der Waals surface area contributed by atoms with Crippen molar-refractivity contribution in [2.24, 2.45) is 0 Å². The zero-order valence-electron chi connectivity index (χ0n) is 16.7. The Morgan fingerprint density at radius 2 is 1.90 bits per heavy atom. The molecular weight excluding hydrogens is 420 g/mol. The second kappa shape index (κ2) is 8.83. The number of ether oxygens (including phenoxy) is 1. The molecule has 156 valence electrons. The molecule has 2 heterocycles. The summed E-state index contributed by atoms with van der Waals surface area (Å²) in [6.07, 6.45) is -0.793. The maximum Gasteiger partial charge on any atom is 0.291 e. The first kappa shape index (κ1) is 21.0. The summed E-state index contributed by atoms with van der Waals surface area (Å²) >= 11 is 2.62. The second-order valence-electron chi connectivity index (χ2n) is 7.17. The van der Waals surface area contributed by atoms with Crippen molar-refractivity contribution >= 4 is 40.6 Å².